The molecule has 0 aromatic carbocycles. The Balaban J connectivity index is 2.10. The van der Waals surface area contributed by atoms with Gasteiger partial charge >= 0.3 is 0 Å². The second-order valence-corrected chi connectivity index (χ2v) is 5.05. The van der Waals surface area contributed by atoms with Gasteiger partial charge in [-0.05, 0) is 24.7 Å². The molecule has 0 unspecified atom stereocenters. The molecule has 4 heteroatoms. The average Bonchev–Trinajstić information content (AvgIpc) is 2.28. The summed E-state index contributed by atoms with van der Waals surface area (Å²) in [6.07, 6.45) is 6.32. The Hall–Kier alpha value is -0.610. The Labute approximate surface area is 104 Å². The third-order valence-electron chi connectivity index (χ3n) is 3.62. The fraction of sp³-hybridized carbons (Fsp3) is 0.923. The van der Waals surface area contributed by atoms with Gasteiger partial charge in [0.15, 0.2) is 0 Å². The number of amides is 1. The van der Waals surface area contributed by atoms with Crippen molar-refractivity contribution in [2.45, 2.75) is 39.0 Å². The second kappa shape index (κ2) is 7.67. The molecule has 0 aromatic heterocycles. The van der Waals surface area contributed by atoms with Crippen molar-refractivity contribution in [3.63, 3.8) is 0 Å². The largest absolute Gasteiger partial charge is 0.383 e. The first-order valence-corrected chi connectivity index (χ1v) is 6.69. The molecule has 1 rings (SSSR count). The van der Waals surface area contributed by atoms with Crippen LogP contribution in [0.4, 0.5) is 0 Å². The fourth-order valence-corrected chi connectivity index (χ4v) is 2.45. The van der Waals surface area contributed by atoms with Gasteiger partial charge in [-0.3, -0.25) is 4.79 Å². The van der Waals surface area contributed by atoms with E-state index in [0.717, 1.165) is 13.1 Å². The van der Waals surface area contributed by atoms with Gasteiger partial charge in [0, 0.05) is 20.2 Å². The summed E-state index contributed by atoms with van der Waals surface area (Å²) in [7, 11) is 1.66. The van der Waals surface area contributed by atoms with E-state index in [2.05, 4.69) is 17.6 Å². The molecule has 1 aliphatic rings. The van der Waals surface area contributed by atoms with Gasteiger partial charge in [0.05, 0.1) is 13.2 Å². The van der Waals surface area contributed by atoms with Gasteiger partial charge in [-0.15, -0.1) is 0 Å². The third kappa shape index (κ3) is 5.04. The van der Waals surface area contributed by atoms with Crippen molar-refractivity contribution in [2.24, 2.45) is 5.41 Å². The number of hydrogen-bond acceptors (Lipinski definition) is 3. The van der Waals surface area contributed by atoms with Crippen LogP contribution in [0.3, 0.4) is 0 Å². The average molecular weight is 242 g/mol. The Bertz CT molecular complexity index is 227. The lowest BCUT2D eigenvalue weighted by Crippen LogP contribution is -2.44. The first-order chi connectivity index (χ1) is 8.22. The highest BCUT2D eigenvalue weighted by atomic mass is 16.5. The molecule has 0 radical (unpaired) electrons. The fourth-order valence-electron chi connectivity index (χ4n) is 2.45. The second-order valence-electron chi connectivity index (χ2n) is 5.05. The van der Waals surface area contributed by atoms with Gasteiger partial charge in [-0.25, -0.2) is 0 Å². The number of nitrogens with one attached hydrogen (secondary N) is 2. The lowest BCUT2D eigenvalue weighted by atomic mass is 9.66. The van der Waals surface area contributed by atoms with Crippen molar-refractivity contribution >= 4 is 5.91 Å². The van der Waals surface area contributed by atoms with Gasteiger partial charge in [0.25, 0.3) is 0 Å². The molecule has 0 heterocycles. The number of hydrogen-bond donors (Lipinski definition) is 2. The Morgan fingerprint density at radius 1 is 1.41 bits per heavy atom. The molecule has 0 aliphatic heterocycles. The minimum Gasteiger partial charge on any atom is -0.383 e. The van der Waals surface area contributed by atoms with Crippen LogP contribution in [0.1, 0.15) is 39.0 Å². The number of ether oxygens (including phenoxy) is 1. The molecular formula is C13H26N2O2. The summed E-state index contributed by atoms with van der Waals surface area (Å²) in [4.78, 5) is 11.6. The maximum absolute atomic E-state index is 11.6. The van der Waals surface area contributed by atoms with Crippen molar-refractivity contribution in [1.29, 1.82) is 0 Å². The monoisotopic (exact) mass is 242 g/mol. The summed E-state index contributed by atoms with van der Waals surface area (Å²) in [5.74, 6) is 0.100. The van der Waals surface area contributed by atoms with E-state index < -0.39 is 0 Å². The lowest BCUT2D eigenvalue weighted by molar-refractivity contribution is -0.121. The predicted octanol–water partition coefficient (Wildman–Crippen LogP) is 1.31. The molecule has 0 spiro atoms. The van der Waals surface area contributed by atoms with Crippen molar-refractivity contribution < 1.29 is 9.53 Å². The number of rotatable bonds is 9. The van der Waals surface area contributed by atoms with Crippen LogP contribution in [-0.2, 0) is 9.53 Å². The standard InChI is InChI=1S/C13H26N2O2/c1-3-5-13(6-4-7-13)11-15-12(16)10-14-8-9-17-2/h14H,3-11H2,1-2H3,(H,15,16). The molecular weight excluding hydrogens is 216 g/mol. The maximum Gasteiger partial charge on any atom is 0.233 e. The van der Waals surface area contributed by atoms with E-state index >= 15 is 0 Å². The summed E-state index contributed by atoms with van der Waals surface area (Å²) >= 11 is 0. The summed E-state index contributed by atoms with van der Waals surface area (Å²) < 4.78 is 4.90. The first kappa shape index (κ1) is 14.5. The minimum absolute atomic E-state index is 0.100. The highest BCUT2D eigenvalue weighted by Crippen LogP contribution is 2.44. The summed E-state index contributed by atoms with van der Waals surface area (Å²) in [5.41, 5.74) is 0.414. The molecule has 0 atom stereocenters. The lowest BCUT2D eigenvalue weighted by Gasteiger charge is -2.42. The minimum atomic E-state index is 0.100. The van der Waals surface area contributed by atoms with Crippen LogP contribution in [-0.4, -0.2) is 39.3 Å². The van der Waals surface area contributed by atoms with Crippen LogP contribution in [0, 0.1) is 5.41 Å². The molecule has 0 bridgehead atoms. The van der Waals surface area contributed by atoms with Gasteiger partial charge < -0.3 is 15.4 Å². The molecule has 100 valence electrons. The highest BCUT2D eigenvalue weighted by molar-refractivity contribution is 5.78. The number of carbonyl (C=O) groups excluding carboxylic acids is 1. The molecule has 2 N–H and O–H groups in total. The summed E-state index contributed by atoms with van der Waals surface area (Å²) in [6, 6.07) is 0. The topological polar surface area (TPSA) is 50.4 Å². The van der Waals surface area contributed by atoms with E-state index in [9.17, 15) is 4.79 Å². The number of carbonyl (C=O) groups is 1. The molecule has 4 nitrogen and oxygen atoms in total. The smallest absolute Gasteiger partial charge is 0.233 e. The van der Waals surface area contributed by atoms with Crippen LogP contribution >= 0.6 is 0 Å². The van der Waals surface area contributed by atoms with Crippen molar-refractivity contribution in [3.8, 4) is 0 Å². The van der Waals surface area contributed by atoms with Crippen molar-refractivity contribution in [2.75, 3.05) is 33.4 Å². The highest BCUT2D eigenvalue weighted by Gasteiger charge is 2.35. The maximum atomic E-state index is 11.6. The summed E-state index contributed by atoms with van der Waals surface area (Å²) in [6.45, 7) is 4.84. The quantitative estimate of drug-likeness (QED) is 0.599. The van der Waals surface area contributed by atoms with Crippen molar-refractivity contribution in [3.05, 3.63) is 0 Å². The molecule has 0 saturated heterocycles. The van der Waals surface area contributed by atoms with E-state index in [1.54, 1.807) is 7.11 Å². The Morgan fingerprint density at radius 2 is 2.18 bits per heavy atom. The molecule has 1 fully saturated rings. The van der Waals surface area contributed by atoms with E-state index in [4.69, 9.17) is 4.74 Å². The van der Waals surface area contributed by atoms with Crippen LogP contribution in [0.2, 0.25) is 0 Å². The van der Waals surface area contributed by atoms with Gasteiger partial charge in [0.1, 0.15) is 0 Å². The zero-order chi connectivity index (χ0) is 12.6. The normalized spacial score (nSPS) is 17.5. The zero-order valence-corrected chi connectivity index (χ0v) is 11.2. The van der Waals surface area contributed by atoms with Crippen LogP contribution in [0.25, 0.3) is 0 Å². The van der Waals surface area contributed by atoms with Crippen LogP contribution < -0.4 is 10.6 Å². The molecule has 1 amide bonds. The molecule has 0 aromatic rings. The van der Waals surface area contributed by atoms with E-state index in [0.29, 0.717) is 18.6 Å². The van der Waals surface area contributed by atoms with E-state index in [1.807, 2.05) is 0 Å². The van der Waals surface area contributed by atoms with Crippen molar-refractivity contribution in [1.82, 2.24) is 10.6 Å². The van der Waals surface area contributed by atoms with Crippen LogP contribution in [0.5, 0.6) is 0 Å². The zero-order valence-electron chi connectivity index (χ0n) is 11.2. The molecule has 17 heavy (non-hydrogen) atoms. The number of methoxy groups -OCH3 is 1. The third-order valence-corrected chi connectivity index (χ3v) is 3.62. The van der Waals surface area contributed by atoms with Gasteiger partial charge in [-0.2, -0.15) is 0 Å². The van der Waals surface area contributed by atoms with Gasteiger partial charge in [-0.1, -0.05) is 19.8 Å². The molecule has 1 saturated carbocycles. The SMILES string of the molecule is CCCC1(CNC(=O)CNCCOC)CCC1. The Kier molecular flexibility index (Phi) is 6.52. The van der Waals surface area contributed by atoms with Gasteiger partial charge in [0.2, 0.25) is 5.91 Å². The predicted molar refractivity (Wildman–Crippen MR) is 68.9 cm³/mol. The molecule has 1 aliphatic carbocycles. The first-order valence-electron chi connectivity index (χ1n) is 6.69. The van der Waals surface area contributed by atoms with Crippen LogP contribution in [0.15, 0.2) is 0 Å². The van der Waals surface area contributed by atoms with E-state index in [-0.39, 0.29) is 5.91 Å². The van der Waals surface area contributed by atoms with E-state index in [1.165, 1.54) is 32.1 Å². The summed E-state index contributed by atoms with van der Waals surface area (Å²) in [5, 5.41) is 6.10. The Morgan fingerprint density at radius 3 is 2.71 bits per heavy atom.